The van der Waals surface area contributed by atoms with E-state index in [0.29, 0.717) is 12.0 Å². The first-order valence-corrected chi connectivity index (χ1v) is 8.29. The van der Waals surface area contributed by atoms with Gasteiger partial charge in [-0.25, -0.2) is 4.39 Å². The average Bonchev–Trinajstić information content (AvgIpc) is 3.28. The van der Waals surface area contributed by atoms with Crippen LogP contribution in [0.25, 0.3) is 0 Å². The van der Waals surface area contributed by atoms with Crippen molar-refractivity contribution in [2.75, 3.05) is 6.54 Å². The normalized spacial score (nSPS) is 18.2. The second-order valence-corrected chi connectivity index (χ2v) is 6.72. The summed E-state index contributed by atoms with van der Waals surface area (Å²) in [6.45, 7) is 7.74. The standard InChI is InChI=1S/C18H29FN2/c1-4-17(20)18(14-5-7-15(19)8-6-14)21(16-9-10-16)12-11-13(2)3/h5-8,13,16-18H,4,9-12,20H2,1-3H3. The summed E-state index contributed by atoms with van der Waals surface area (Å²) in [5, 5.41) is 0. The lowest BCUT2D eigenvalue weighted by Gasteiger charge is -2.36. The molecule has 1 fully saturated rings. The topological polar surface area (TPSA) is 29.3 Å². The van der Waals surface area contributed by atoms with Crippen molar-refractivity contribution in [3.8, 4) is 0 Å². The van der Waals surface area contributed by atoms with Crippen LogP contribution >= 0.6 is 0 Å². The molecular weight excluding hydrogens is 263 g/mol. The Hall–Kier alpha value is -0.930. The van der Waals surface area contributed by atoms with Crippen molar-refractivity contribution in [1.29, 1.82) is 0 Å². The molecule has 0 amide bonds. The molecule has 2 unspecified atom stereocenters. The molecule has 21 heavy (non-hydrogen) atoms. The molecule has 0 spiro atoms. The molecule has 2 atom stereocenters. The smallest absolute Gasteiger partial charge is 0.123 e. The lowest BCUT2D eigenvalue weighted by Crippen LogP contribution is -2.42. The van der Waals surface area contributed by atoms with Gasteiger partial charge < -0.3 is 5.73 Å². The Morgan fingerprint density at radius 1 is 1.24 bits per heavy atom. The Morgan fingerprint density at radius 3 is 2.33 bits per heavy atom. The summed E-state index contributed by atoms with van der Waals surface area (Å²) in [7, 11) is 0. The summed E-state index contributed by atoms with van der Waals surface area (Å²) >= 11 is 0. The molecule has 0 radical (unpaired) electrons. The molecule has 1 saturated carbocycles. The van der Waals surface area contributed by atoms with E-state index in [1.807, 2.05) is 12.1 Å². The maximum absolute atomic E-state index is 13.2. The van der Waals surface area contributed by atoms with Gasteiger partial charge in [-0.2, -0.15) is 0 Å². The fourth-order valence-corrected chi connectivity index (χ4v) is 2.93. The van der Waals surface area contributed by atoms with Crippen LogP contribution in [0.3, 0.4) is 0 Å². The molecular formula is C18H29FN2. The number of halogens is 1. The molecule has 2 rings (SSSR count). The third-order valence-electron chi connectivity index (χ3n) is 4.43. The molecule has 0 saturated heterocycles. The molecule has 1 aliphatic rings. The fraction of sp³-hybridized carbons (Fsp3) is 0.667. The summed E-state index contributed by atoms with van der Waals surface area (Å²) < 4.78 is 13.2. The van der Waals surface area contributed by atoms with E-state index in [1.54, 1.807) is 12.1 Å². The highest BCUT2D eigenvalue weighted by molar-refractivity contribution is 5.22. The summed E-state index contributed by atoms with van der Waals surface area (Å²) in [4.78, 5) is 2.57. The first-order chi connectivity index (χ1) is 10.0. The van der Waals surface area contributed by atoms with Crippen molar-refractivity contribution in [1.82, 2.24) is 4.90 Å². The van der Waals surface area contributed by atoms with E-state index in [0.717, 1.165) is 18.5 Å². The van der Waals surface area contributed by atoms with Gasteiger partial charge in [-0.05, 0) is 55.8 Å². The van der Waals surface area contributed by atoms with Crippen LogP contribution in [0.2, 0.25) is 0 Å². The molecule has 0 heterocycles. The van der Waals surface area contributed by atoms with Crippen LogP contribution in [0.5, 0.6) is 0 Å². The van der Waals surface area contributed by atoms with Gasteiger partial charge in [0.1, 0.15) is 5.82 Å². The monoisotopic (exact) mass is 292 g/mol. The highest BCUT2D eigenvalue weighted by Gasteiger charge is 2.36. The summed E-state index contributed by atoms with van der Waals surface area (Å²) in [5.41, 5.74) is 7.58. The SMILES string of the molecule is CCC(N)C(c1ccc(F)cc1)N(CCC(C)C)C1CC1. The second kappa shape index (κ2) is 7.37. The van der Waals surface area contributed by atoms with Gasteiger partial charge in [0.05, 0.1) is 6.04 Å². The third kappa shape index (κ3) is 4.52. The molecule has 1 aliphatic carbocycles. The zero-order chi connectivity index (χ0) is 15.4. The largest absolute Gasteiger partial charge is 0.326 e. The molecule has 0 bridgehead atoms. The van der Waals surface area contributed by atoms with Crippen LogP contribution < -0.4 is 5.73 Å². The van der Waals surface area contributed by atoms with Crippen LogP contribution in [-0.4, -0.2) is 23.5 Å². The molecule has 1 aromatic rings. The van der Waals surface area contributed by atoms with Crippen LogP contribution in [0, 0.1) is 11.7 Å². The maximum atomic E-state index is 13.2. The number of nitrogens with two attached hydrogens (primary N) is 1. The predicted octanol–water partition coefficient (Wildman–Crippen LogP) is 4.11. The number of rotatable bonds is 8. The van der Waals surface area contributed by atoms with E-state index in [2.05, 4.69) is 25.7 Å². The van der Waals surface area contributed by atoms with Crippen molar-refractivity contribution in [2.45, 2.75) is 64.6 Å². The molecule has 0 aliphatic heterocycles. The van der Waals surface area contributed by atoms with Crippen LogP contribution in [0.1, 0.15) is 58.1 Å². The first-order valence-electron chi connectivity index (χ1n) is 8.29. The zero-order valence-electron chi connectivity index (χ0n) is 13.6. The van der Waals surface area contributed by atoms with Gasteiger partial charge in [0.2, 0.25) is 0 Å². The van der Waals surface area contributed by atoms with E-state index < -0.39 is 0 Å². The minimum Gasteiger partial charge on any atom is -0.326 e. The average molecular weight is 292 g/mol. The summed E-state index contributed by atoms with van der Waals surface area (Å²) in [6.07, 6.45) is 4.66. The zero-order valence-corrected chi connectivity index (χ0v) is 13.6. The molecule has 2 N–H and O–H groups in total. The minimum atomic E-state index is -0.178. The number of benzene rings is 1. The Labute approximate surface area is 128 Å². The Kier molecular flexibility index (Phi) is 5.77. The van der Waals surface area contributed by atoms with E-state index in [1.165, 1.54) is 19.3 Å². The van der Waals surface area contributed by atoms with E-state index in [4.69, 9.17) is 5.73 Å². The van der Waals surface area contributed by atoms with E-state index in [9.17, 15) is 4.39 Å². The Morgan fingerprint density at radius 2 is 1.86 bits per heavy atom. The van der Waals surface area contributed by atoms with Crippen molar-refractivity contribution < 1.29 is 4.39 Å². The Bertz CT molecular complexity index is 425. The van der Waals surface area contributed by atoms with Crippen molar-refractivity contribution in [3.63, 3.8) is 0 Å². The van der Waals surface area contributed by atoms with Gasteiger partial charge in [-0.15, -0.1) is 0 Å². The van der Waals surface area contributed by atoms with Gasteiger partial charge in [0.15, 0.2) is 0 Å². The lowest BCUT2D eigenvalue weighted by molar-refractivity contribution is 0.151. The predicted molar refractivity (Wildman–Crippen MR) is 86.6 cm³/mol. The van der Waals surface area contributed by atoms with Gasteiger partial charge in [-0.3, -0.25) is 4.90 Å². The molecule has 118 valence electrons. The van der Waals surface area contributed by atoms with E-state index >= 15 is 0 Å². The minimum absolute atomic E-state index is 0.100. The maximum Gasteiger partial charge on any atom is 0.123 e. The molecule has 2 nitrogen and oxygen atoms in total. The van der Waals surface area contributed by atoms with Gasteiger partial charge in [0.25, 0.3) is 0 Å². The highest BCUT2D eigenvalue weighted by atomic mass is 19.1. The van der Waals surface area contributed by atoms with E-state index in [-0.39, 0.29) is 17.9 Å². The first kappa shape index (κ1) is 16.4. The van der Waals surface area contributed by atoms with Gasteiger partial charge >= 0.3 is 0 Å². The quantitative estimate of drug-likeness (QED) is 0.781. The van der Waals surface area contributed by atoms with Gasteiger partial charge in [-0.1, -0.05) is 32.9 Å². The lowest BCUT2D eigenvalue weighted by atomic mass is 9.95. The number of nitrogens with zero attached hydrogens (tertiary/aromatic N) is 1. The number of hydrogen-bond acceptors (Lipinski definition) is 2. The van der Waals surface area contributed by atoms with Crippen molar-refractivity contribution in [3.05, 3.63) is 35.6 Å². The van der Waals surface area contributed by atoms with Crippen LogP contribution in [0.15, 0.2) is 24.3 Å². The summed E-state index contributed by atoms with van der Waals surface area (Å²) in [5.74, 6) is 0.515. The van der Waals surface area contributed by atoms with Crippen molar-refractivity contribution >= 4 is 0 Å². The van der Waals surface area contributed by atoms with Crippen LogP contribution in [-0.2, 0) is 0 Å². The third-order valence-corrected chi connectivity index (χ3v) is 4.43. The van der Waals surface area contributed by atoms with Crippen molar-refractivity contribution in [2.24, 2.45) is 11.7 Å². The van der Waals surface area contributed by atoms with Crippen LogP contribution in [0.4, 0.5) is 4.39 Å². The number of hydrogen-bond donors (Lipinski definition) is 1. The second-order valence-electron chi connectivity index (χ2n) is 6.72. The molecule has 3 heteroatoms. The Balaban J connectivity index is 2.21. The highest BCUT2D eigenvalue weighted by Crippen LogP contribution is 2.36. The fourth-order valence-electron chi connectivity index (χ4n) is 2.93. The molecule has 1 aromatic carbocycles. The van der Waals surface area contributed by atoms with Gasteiger partial charge in [0, 0.05) is 12.1 Å². The summed E-state index contributed by atoms with van der Waals surface area (Å²) in [6, 6.07) is 7.89. The molecule has 0 aromatic heterocycles.